The second kappa shape index (κ2) is 6.06. The van der Waals surface area contributed by atoms with E-state index in [2.05, 4.69) is 5.32 Å². The third-order valence-electron chi connectivity index (χ3n) is 3.44. The summed E-state index contributed by atoms with van der Waals surface area (Å²) >= 11 is 0. The first-order valence-electron chi connectivity index (χ1n) is 6.87. The zero-order valence-electron chi connectivity index (χ0n) is 12.0. The van der Waals surface area contributed by atoms with Gasteiger partial charge in [-0.2, -0.15) is 0 Å². The van der Waals surface area contributed by atoms with Gasteiger partial charge in [0.15, 0.2) is 0 Å². The highest BCUT2D eigenvalue weighted by Gasteiger charge is 2.21. The van der Waals surface area contributed by atoms with E-state index in [1.54, 1.807) is 0 Å². The van der Waals surface area contributed by atoms with Crippen LogP contribution in [0.5, 0.6) is 5.75 Å². The zero-order chi connectivity index (χ0) is 13.8. The fourth-order valence-electron chi connectivity index (χ4n) is 2.54. The van der Waals surface area contributed by atoms with Crippen LogP contribution in [-0.2, 0) is 0 Å². The fraction of sp³-hybridized carbons (Fsp3) is 0.533. The molecule has 1 amide bonds. The Morgan fingerprint density at radius 3 is 2.37 bits per heavy atom. The molecule has 0 unspecified atom stereocenters. The zero-order valence-corrected chi connectivity index (χ0v) is 12.0. The summed E-state index contributed by atoms with van der Waals surface area (Å²) < 4.78 is 5.51. The van der Waals surface area contributed by atoms with Crippen molar-refractivity contribution in [2.24, 2.45) is 0 Å². The van der Waals surface area contributed by atoms with Crippen molar-refractivity contribution < 1.29 is 9.53 Å². The number of aryl methyl sites for hydroxylation is 2. The first-order chi connectivity index (χ1) is 9.13. The number of rotatable bonds is 3. The number of amides is 1. The monoisotopic (exact) mass is 262 g/mol. The third kappa shape index (κ3) is 3.07. The van der Waals surface area contributed by atoms with Crippen LogP contribution in [0.2, 0.25) is 0 Å². The Balaban J connectivity index is 2.25. The first kappa shape index (κ1) is 13.9. The van der Waals surface area contributed by atoms with Crippen LogP contribution in [0.3, 0.4) is 0 Å². The molecule has 1 aliphatic rings. The average molecular weight is 262 g/mol. The van der Waals surface area contributed by atoms with Gasteiger partial charge in [0.25, 0.3) is 5.91 Å². The van der Waals surface area contributed by atoms with Crippen molar-refractivity contribution >= 4 is 5.91 Å². The van der Waals surface area contributed by atoms with Gasteiger partial charge in [-0.05, 0) is 44.0 Å². The molecular formula is C15H22N2O2. The molecule has 1 aliphatic heterocycles. The fourth-order valence-corrected chi connectivity index (χ4v) is 2.54. The van der Waals surface area contributed by atoms with E-state index in [-0.39, 0.29) is 5.91 Å². The highest BCUT2D eigenvalue weighted by molar-refractivity contribution is 5.97. The van der Waals surface area contributed by atoms with Gasteiger partial charge in [0.2, 0.25) is 0 Å². The van der Waals surface area contributed by atoms with Gasteiger partial charge in [0, 0.05) is 31.7 Å². The molecule has 1 aromatic carbocycles. The summed E-state index contributed by atoms with van der Waals surface area (Å²) in [6.45, 7) is 9.88. The summed E-state index contributed by atoms with van der Waals surface area (Å²) in [5.74, 6) is 0.980. The molecule has 19 heavy (non-hydrogen) atoms. The molecule has 0 saturated carbocycles. The minimum atomic E-state index is 0.138. The summed E-state index contributed by atoms with van der Waals surface area (Å²) in [6, 6.07) is 3.90. The molecule has 1 saturated heterocycles. The molecular weight excluding hydrogens is 240 g/mol. The molecule has 1 N–H and O–H groups in total. The smallest absolute Gasteiger partial charge is 0.254 e. The maximum absolute atomic E-state index is 12.6. The number of piperazine rings is 1. The third-order valence-corrected chi connectivity index (χ3v) is 3.44. The molecule has 4 heteroatoms. The van der Waals surface area contributed by atoms with E-state index in [1.807, 2.05) is 37.8 Å². The Bertz CT molecular complexity index is 442. The van der Waals surface area contributed by atoms with Gasteiger partial charge in [-0.1, -0.05) is 0 Å². The standard InChI is InChI=1S/C15H22N2O2/c1-4-19-13-9-11(2)14(12(3)10-13)15(18)17-7-5-16-6-8-17/h9-10,16H,4-8H2,1-3H3. The lowest BCUT2D eigenvalue weighted by atomic mass is 10.0. The Labute approximate surface area is 114 Å². The molecule has 0 aromatic heterocycles. The quantitative estimate of drug-likeness (QED) is 0.902. The second-order valence-corrected chi connectivity index (χ2v) is 4.91. The van der Waals surface area contributed by atoms with Gasteiger partial charge in [0.1, 0.15) is 5.75 Å². The molecule has 1 fully saturated rings. The Kier molecular flexibility index (Phi) is 4.43. The lowest BCUT2D eigenvalue weighted by Gasteiger charge is -2.28. The van der Waals surface area contributed by atoms with E-state index >= 15 is 0 Å². The molecule has 104 valence electrons. The Hall–Kier alpha value is -1.55. The largest absolute Gasteiger partial charge is 0.494 e. The maximum atomic E-state index is 12.6. The van der Waals surface area contributed by atoms with Crippen LogP contribution in [-0.4, -0.2) is 43.6 Å². The normalized spacial score (nSPS) is 15.4. The molecule has 0 spiro atoms. The van der Waals surface area contributed by atoms with Crippen LogP contribution in [0.4, 0.5) is 0 Å². The second-order valence-electron chi connectivity index (χ2n) is 4.91. The van der Waals surface area contributed by atoms with Crippen molar-refractivity contribution in [1.29, 1.82) is 0 Å². The number of ether oxygens (including phenoxy) is 1. The van der Waals surface area contributed by atoms with Gasteiger partial charge in [0.05, 0.1) is 6.61 Å². The summed E-state index contributed by atoms with van der Waals surface area (Å²) in [4.78, 5) is 14.5. The molecule has 0 radical (unpaired) electrons. The number of carbonyl (C=O) groups excluding carboxylic acids is 1. The molecule has 2 rings (SSSR count). The molecule has 1 aromatic rings. The van der Waals surface area contributed by atoms with E-state index in [4.69, 9.17) is 4.74 Å². The average Bonchev–Trinajstić information content (AvgIpc) is 2.39. The summed E-state index contributed by atoms with van der Waals surface area (Å²) in [5, 5.41) is 3.26. The number of hydrogen-bond donors (Lipinski definition) is 1. The minimum absolute atomic E-state index is 0.138. The van der Waals surface area contributed by atoms with Crippen molar-refractivity contribution in [2.45, 2.75) is 20.8 Å². The van der Waals surface area contributed by atoms with Crippen LogP contribution >= 0.6 is 0 Å². The van der Waals surface area contributed by atoms with E-state index in [1.165, 1.54) is 0 Å². The molecule has 0 atom stereocenters. The Morgan fingerprint density at radius 1 is 1.26 bits per heavy atom. The van der Waals surface area contributed by atoms with Gasteiger partial charge >= 0.3 is 0 Å². The molecule has 4 nitrogen and oxygen atoms in total. The molecule has 0 aliphatic carbocycles. The van der Waals surface area contributed by atoms with Gasteiger partial charge in [-0.25, -0.2) is 0 Å². The predicted octanol–water partition coefficient (Wildman–Crippen LogP) is 1.75. The molecule has 0 bridgehead atoms. The van der Waals surface area contributed by atoms with Crippen LogP contribution in [0.1, 0.15) is 28.4 Å². The van der Waals surface area contributed by atoms with Crippen molar-refractivity contribution in [3.05, 3.63) is 28.8 Å². The lowest BCUT2D eigenvalue weighted by molar-refractivity contribution is 0.0734. The van der Waals surface area contributed by atoms with Crippen molar-refractivity contribution in [1.82, 2.24) is 10.2 Å². The van der Waals surface area contributed by atoms with Gasteiger partial charge in [-0.3, -0.25) is 4.79 Å². The van der Waals surface area contributed by atoms with E-state index in [9.17, 15) is 4.79 Å². The van der Waals surface area contributed by atoms with Gasteiger partial charge in [-0.15, -0.1) is 0 Å². The van der Waals surface area contributed by atoms with Crippen LogP contribution in [0, 0.1) is 13.8 Å². The Morgan fingerprint density at radius 2 is 1.84 bits per heavy atom. The number of hydrogen-bond acceptors (Lipinski definition) is 3. The summed E-state index contributed by atoms with van der Waals surface area (Å²) in [6.07, 6.45) is 0. The number of nitrogens with one attached hydrogen (secondary N) is 1. The SMILES string of the molecule is CCOc1cc(C)c(C(=O)N2CCNCC2)c(C)c1. The van der Waals surface area contributed by atoms with Crippen molar-refractivity contribution in [3.63, 3.8) is 0 Å². The minimum Gasteiger partial charge on any atom is -0.494 e. The van der Waals surface area contributed by atoms with Crippen LogP contribution in [0.25, 0.3) is 0 Å². The predicted molar refractivity (Wildman–Crippen MR) is 75.9 cm³/mol. The maximum Gasteiger partial charge on any atom is 0.254 e. The van der Waals surface area contributed by atoms with Gasteiger partial charge < -0.3 is 15.0 Å². The van der Waals surface area contributed by atoms with Crippen LogP contribution in [0.15, 0.2) is 12.1 Å². The van der Waals surface area contributed by atoms with Crippen LogP contribution < -0.4 is 10.1 Å². The topological polar surface area (TPSA) is 41.6 Å². The molecule has 1 heterocycles. The number of benzene rings is 1. The summed E-state index contributed by atoms with van der Waals surface area (Å²) in [7, 11) is 0. The lowest BCUT2D eigenvalue weighted by Crippen LogP contribution is -2.46. The van der Waals surface area contributed by atoms with E-state index in [0.29, 0.717) is 6.61 Å². The van der Waals surface area contributed by atoms with E-state index < -0.39 is 0 Å². The van der Waals surface area contributed by atoms with E-state index in [0.717, 1.165) is 48.6 Å². The highest BCUT2D eigenvalue weighted by atomic mass is 16.5. The van der Waals surface area contributed by atoms with Crippen molar-refractivity contribution in [3.8, 4) is 5.75 Å². The number of carbonyl (C=O) groups is 1. The first-order valence-corrected chi connectivity index (χ1v) is 6.87. The van der Waals surface area contributed by atoms with Crippen molar-refractivity contribution in [2.75, 3.05) is 32.8 Å². The summed E-state index contributed by atoms with van der Waals surface area (Å²) in [5.41, 5.74) is 2.81. The number of nitrogens with zero attached hydrogens (tertiary/aromatic N) is 1. The highest BCUT2D eigenvalue weighted by Crippen LogP contribution is 2.23.